The molecule has 0 spiro atoms. The fourth-order valence-electron chi connectivity index (χ4n) is 3.50. The van der Waals surface area contributed by atoms with E-state index in [4.69, 9.17) is 0 Å². The van der Waals surface area contributed by atoms with E-state index in [0.717, 1.165) is 11.3 Å². The lowest BCUT2D eigenvalue weighted by molar-refractivity contribution is -0.137. The second-order valence-electron chi connectivity index (χ2n) is 7.45. The third kappa shape index (κ3) is 4.03. The van der Waals surface area contributed by atoms with Gasteiger partial charge in [0.1, 0.15) is 0 Å². The molecule has 1 aromatic carbocycles. The van der Waals surface area contributed by atoms with E-state index < -0.39 is 0 Å². The summed E-state index contributed by atoms with van der Waals surface area (Å²) in [4.78, 5) is 33.1. The minimum absolute atomic E-state index is 0.0675. The number of ether oxygens (including phenoxy) is 1. The van der Waals surface area contributed by atoms with Crippen LogP contribution in [0, 0.1) is 0 Å². The molecular weight excluding hydrogens is 388 g/mol. The van der Waals surface area contributed by atoms with Crippen molar-refractivity contribution in [3.63, 3.8) is 0 Å². The maximum atomic E-state index is 12.8. The van der Waals surface area contributed by atoms with Crippen molar-refractivity contribution < 1.29 is 14.3 Å². The van der Waals surface area contributed by atoms with Crippen LogP contribution >= 0.6 is 11.8 Å². The SMILES string of the molecule is COC(=O)CSc1nc2nc3c(cn2n1)C(=O)C[C@H](c1ccc(C(C)C)cc1)C3. The van der Waals surface area contributed by atoms with Crippen LogP contribution in [0.4, 0.5) is 0 Å². The second kappa shape index (κ2) is 7.94. The summed E-state index contributed by atoms with van der Waals surface area (Å²) in [6, 6.07) is 8.52. The average molecular weight is 410 g/mol. The van der Waals surface area contributed by atoms with E-state index in [9.17, 15) is 9.59 Å². The van der Waals surface area contributed by atoms with Gasteiger partial charge in [0.2, 0.25) is 5.16 Å². The van der Waals surface area contributed by atoms with Crippen molar-refractivity contribution in [2.45, 2.75) is 43.7 Å². The number of thioether (sulfide) groups is 1. The van der Waals surface area contributed by atoms with Gasteiger partial charge in [-0.25, -0.2) is 9.50 Å². The number of ketones is 1. The Kier molecular flexibility index (Phi) is 5.36. The number of rotatable bonds is 5. The normalized spacial score (nSPS) is 16.3. The van der Waals surface area contributed by atoms with Crippen molar-refractivity contribution in [3.05, 3.63) is 52.8 Å². The third-order valence-electron chi connectivity index (χ3n) is 5.18. The number of aromatic nitrogens is 4. The molecule has 0 N–H and O–H groups in total. The molecule has 1 atom stereocenters. The van der Waals surface area contributed by atoms with Crippen LogP contribution < -0.4 is 0 Å². The van der Waals surface area contributed by atoms with Gasteiger partial charge < -0.3 is 4.74 Å². The molecule has 1 aliphatic carbocycles. The summed E-state index contributed by atoms with van der Waals surface area (Å²) < 4.78 is 6.14. The minimum atomic E-state index is -0.345. The number of esters is 1. The summed E-state index contributed by atoms with van der Waals surface area (Å²) in [5.41, 5.74) is 3.80. The molecule has 2 heterocycles. The average Bonchev–Trinajstić information content (AvgIpc) is 3.12. The van der Waals surface area contributed by atoms with E-state index in [2.05, 4.69) is 57.9 Å². The highest BCUT2D eigenvalue weighted by Gasteiger charge is 2.28. The third-order valence-corrected chi connectivity index (χ3v) is 6.00. The molecule has 0 saturated heterocycles. The molecule has 0 saturated carbocycles. The van der Waals surface area contributed by atoms with Gasteiger partial charge in [0, 0.05) is 12.6 Å². The first-order valence-corrected chi connectivity index (χ1v) is 10.5. The predicted octanol–water partition coefficient (Wildman–Crippen LogP) is 3.43. The number of hydrogen-bond acceptors (Lipinski definition) is 7. The van der Waals surface area contributed by atoms with Crippen molar-refractivity contribution >= 4 is 29.3 Å². The van der Waals surface area contributed by atoms with Gasteiger partial charge in [0.15, 0.2) is 5.78 Å². The van der Waals surface area contributed by atoms with Crippen LogP contribution in [0.15, 0.2) is 35.6 Å². The molecule has 150 valence electrons. The molecule has 0 amide bonds. The van der Waals surface area contributed by atoms with Gasteiger partial charge in [-0.1, -0.05) is 49.9 Å². The molecule has 0 bridgehead atoms. The van der Waals surface area contributed by atoms with Crippen LogP contribution in [0.25, 0.3) is 5.78 Å². The van der Waals surface area contributed by atoms with Gasteiger partial charge in [-0.3, -0.25) is 9.59 Å². The van der Waals surface area contributed by atoms with Crippen LogP contribution in [-0.4, -0.2) is 44.2 Å². The Morgan fingerprint density at radius 2 is 2.00 bits per heavy atom. The van der Waals surface area contributed by atoms with E-state index in [1.165, 1.54) is 29.0 Å². The van der Waals surface area contributed by atoms with Gasteiger partial charge in [0.05, 0.1) is 24.1 Å². The first-order valence-electron chi connectivity index (χ1n) is 9.53. The molecule has 8 heteroatoms. The number of fused-ring (bicyclic) bond motifs is 2. The van der Waals surface area contributed by atoms with Crippen molar-refractivity contribution in [1.29, 1.82) is 0 Å². The van der Waals surface area contributed by atoms with E-state index in [1.54, 1.807) is 6.20 Å². The van der Waals surface area contributed by atoms with Crippen molar-refractivity contribution in [1.82, 2.24) is 19.6 Å². The molecule has 0 unspecified atom stereocenters. The quantitative estimate of drug-likeness (QED) is 0.470. The Labute approximate surface area is 172 Å². The van der Waals surface area contributed by atoms with Crippen LogP contribution in [-0.2, 0) is 16.0 Å². The smallest absolute Gasteiger partial charge is 0.316 e. The number of carbonyl (C=O) groups excluding carboxylic acids is 2. The van der Waals surface area contributed by atoms with Crippen LogP contribution in [0.1, 0.15) is 59.3 Å². The van der Waals surface area contributed by atoms with Crippen LogP contribution in [0.3, 0.4) is 0 Å². The van der Waals surface area contributed by atoms with Crippen molar-refractivity contribution in [2.24, 2.45) is 0 Å². The number of nitrogens with zero attached hydrogens (tertiary/aromatic N) is 4. The fourth-order valence-corrected chi connectivity index (χ4v) is 4.15. The summed E-state index contributed by atoms with van der Waals surface area (Å²) in [5, 5.41) is 4.74. The lowest BCUT2D eigenvalue weighted by Crippen LogP contribution is -2.21. The molecular formula is C21H22N4O3S. The predicted molar refractivity (Wildman–Crippen MR) is 109 cm³/mol. The van der Waals surface area contributed by atoms with Gasteiger partial charge in [-0.15, -0.1) is 5.10 Å². The molecule has 7 nitrogen and oxygen atoms in total. The van der Waals surface area contributed by atoms with Crippen molar-refractivity contribution in [3.8, 4) is 0 Å². The Bertz CT molecular complexity index is 1080. The second-order valence-corrected chi connectivity index (χ2v) is 8.40. The Hall–Kier alpha value is -2.74. The molecule has 3 aromatic rings. The van der Waals surface area contributed by atoms with Gasteiger partial charge in [-0.05, 0) is 29.4 Å². The molecule has 1 aliphatic rings. The van der Waals surface area contributed by atoms with Gasteiger partial charge in [0.25, 0.3) is 5.78 Å². The molecule has 4 rings (SSSR count). The van der Waals surface area contributed by atoms with E-state index in [-0.39, 0.29) is 23.4 Å². The molecule has 29 heavy (non-hydrogen) atoms. The Morgan fingerprint density at radius 3 is 2.69 bits per heavy atom. The summed E-state index contributed by atoms with van der Waals surface area (Å²) in [7, 11) is 1.34. The summed E-state index contributed by atoms with van der Waals surface area (Å²) in [6.45, 7) is 4.34. The topological polar surface area (TPSA) is 86.4 Å². The molecule has 2 aromatic heterocycles. The molecule has 0 aliphatic heterocycles. The van der Waals surface area contributed by atoms with E-state index in [0.29, 0.717) is 35.3 Å². The zero-order chi connectivity index (χ0) is 20.5. The first-order chi connectivity index (χ1) is 13.9. The maximum Gasteiger partial charge on any atom is 0.316 e. The highest BCUT2D eigenvalue weighted by molar-refractivity contribution is 7.99. The van der Waals surface area contributed by atoms with Crippen LogP contribution in [0.2, 0.25) is 0 Å². The highest BCUT2D eigenvalue weighted by atomic mass is 32.2. The number of hydrogen-bond donors (Lipinski definition) is 0. The summed E-state index contributed by atoms with van der Waals surface area (Å²) >= 11 is 1.18. The minimum Gasteiger partial charge on any atom is -0.468 e. The van der Waals surface area contributed by atoms with Gasteiger partial charge >= 0.3 is 5.97 Å². The fraction of sp³-hybridized carbons (Fsp3) is 0.381. The van der Waals surface area contributed by atoms with Gasteiger partial charge in [-0.2, -0.15) is 4.98 Å². The van der Waals surface area contributed by atoms with E-state index in [1.807, 2.05) is 0 Å². The number of benzene rings is 1. The Morgan fingerprint density at radius 1 is 1.24 bits per heavy atom. The number of carbonyl (C=O) groups is 2. The zero-order valence-corrected chi connectivity index (χ0v) is 17.4. The van der Waals surface area contributed by atoms with Crippen molar-refractivity contribution in [2.75, 3.05) is 12.9 Å². The lowest BCUT2D eigenvalue weighted by Gasteiger charge is -2.23. The number of methoxy groups -OCH3 is 1. The zero-order valence-electron chi connectivity index (χ0n) is 16.6. The Balaban J connectivity index is 1.59. The highest BCUT2D eigenvalue weighted by Crippen LogP contribution is 2.32. The summed E-state index contributed by atoms with van der Waals surface area (Å²) in [5.74, 6) is 0.870. The lowest BCUT2D eigenvalue weighted by atomic mass is 9.81. The molecule has 0 radical (unpaired) electrons. The summed E-state index contributed by atoms with van der Waals surface area (Å²) in [6.07, 6.45) is 2.85. The van der Waals surface area contributed by atoms with Crippen LogP contribution in [0.5, 0.6) is 0 Å². The largest absolute Gasteiger partial charge is 0.468 e. The van der Waals surface area contributed by atoms with E-state index >= 15 is 0 Å². The maximum absolute atomic E-state index is 12.8. The monoisotopic (exact) mass is 410 g/mol. The molecule has 0 fully saturated rings. The standard InChI is InChI=1S/C21H22N4O3S/c1-12(2)13-4-6-14(7-5-13)15-8-17-16(18(26)9-15)10-25-20(22-17)23-21(24-25)29-11-19(27)28-3/h4-7,10,12,15H,8-9,11H2,1-3H3/t15-/m1/s1. The number of Topliss-reactive ketones (excluding diaryl/α,β-unsaturated/α-hetero) is 1. The first kappa shape index (κ1) is 19.6.